The Bertz CT molecular complexity index is 1010. The average Bonchev–Trinajstić information content (AvgIpc) is 3.19. The van der Waals surface area contributed by atoms with E-state index in [0.29, 0.717) is 10.6 Å². The molecule has 2 aromatic heterocycles. The molecule has 0 unspecified atom stereocenters. The topological polar surface area (TPSA) is 88.4 Å². The molecule has 0 saturated heterocycles. The van der Waals surface area contributed by atoms with Crippen molar-refractivity contribution in [1.29, 1.82) is 0 Å². The van der Waals surface area contributed by atoms with Crippen LogP contribution in [0.2, 0.25) is 5.02 Å². The molecule has 24 heavy (non-hydrogen) atoms. The standard InChI is InChI=1S/C15H13ClN2O4S2/c1-17-24(20,21)14-5-3-11(23-14)8-18-15(19)13-7-9-6-10(16)2-4-12(9)22-13/h2-7,17H,8H2,1H3,(H,18,19). The van der Waals surface area contributed by atoms with Crippen LogP contribution in [0.4, 0.5) is 0 Å². The molecule has 1 amide bonds. The zero-order valence-corrected chi connectivity index (χ0v) is 14.9. The normalized spacial score (nSPS) is 11.8. The molecule has 0 radical (unpaired) electrons. The van der Waals surface area contributed by atoms with Crippen molar-refractivity contribution in [2.45, 2.75) is 10.8 Å². The highest BCUT2D eigenvalue weighted by atomic mass is 35.5. The summed E-state index contributed by atoms with van der Waals surface area (Å²) in [7, 11) is -2.11. The molecule has 0 aliphatic carbocycles. The van der Waals surface area contributed by atoms with Gasteiger partial charge in [-0.1, -0.05) is 11.6 Å². The van der Waals surface area contributed by atoms with Gasteiger partial charge in [-0.05, 0) is 43.4 Å². The van der Waals surface area contributed by atoms with Gasteiger partial charge in [0.2, 0.25) is 10.0 Å². The Morgan fingerprint density at radius 1 is 1.25 bits per heavy atom. The molecule has 6 nitrogen and oxygen atoms in total. The fraction of sp³-hybridized carbons (Fsp3) is 0.133. The van der Waals surface area contributed by atoms with Gasteiger partial charge in [0.05, 0.1) is 6.54 Å². The first kappa shape index (κ1) is 17.0. The monoisotopic (exact) mass is 384 g/mol. The molecule has 0 spiro atoms. The SMILES string of the molecule is CNS(=O)(=O)c1ccc(CNC(=O)c2cc3cc(Cl)ccc3o2)s1. The maximum absolute atomic E-state index is 12.2. The summed E-state index contributed by atoms with van der Waals surface area (Å²) in [4.78, 5) is 12.9. The predicted molar refractivity (Wildman–Crippen MR) is 93.0 cm³/mol. The number of furan rings is 1. The minimum absolute atomic E-state index is 0.173. The third-order valence-corrected chi connectivity index (χ3v) is 6.52. The number of sulfonamides is 1. The van der Waals surface area contributed by atoms with Crippen molar-refractivity contribution in [1.82, 2.24) is 10.0 Å². The number of halogens is 1. The van der Waals surface area contributed by atoms with E-state index in [0.717, 1.165) is 21.6 Å². The maximum Gasteiger partial charge on any atom is 0.287 e. The summed E-state index contributed by atoms with van der Waals surface area (Å²) in [5, 5.41) is 4.01. The Kier molecular flexibility index (Phi) is 4.64. The van der Waals surface area contributed by atoms with E-state index >= 15 is 0 Å². The van der Waals surface area contributed by atoms with Crippen molar-refractivity contribution in [3.63, 3.8) is 0 Å². The summed E-state index contributed by atoms with van der Waals surface area (Å²) in [5.41, 5.74) is 0.572. The molecule has 126 valence electrons. The molecule has 3 aromatic rings. The summed E-state index contributed by atoms with van der Waals surface area (Å²) in [5.74, 6) is -0.208. The van der Waals surface area contributed by atoms with Gasteiger partial charge in [-0.2, -0.15) is 0 Å². The lowest BCUT2D eigenvalue weighted by atomic mass is 10.2. The summed E-state index contributed by atoms with van der Waals surface area (Å²) in [6.45, 7) is 0.209. The molecule has 0 aliphatic heterocycles. The molecule has 0 aliphatic rings. The first-order chi connectivity index (χ1) is 11.4. The highest BCUT2D eigenvalue weighted by Gasteiger charge is 2.16. The van der Waals surface area contributed by atoms with Crippen molar-refractivity contribution in [2.24, 2.45) is 0 Å². The van der Waals surface area contributed by atoms with Crippen molar-refractivity contribution in [3.8, 4) is 0 Å². The van der Waals surface area contributed by atoms with Gasteiger partial charge in [-0.25, -0.2) is 13.1 Å². The van der Waals surface area contributed by atoms with Crippen LogP contribution in [0.1, 0.15) is 15.4 Å². The maximum atomic E-state index is 12.2. The molecule has 3 rings (SSSR count). The molecule has 1 aromatic carbocycles. The van der Waals surface area contributed by atoms with Crippen LogP contribution >= 0.6 is 22.9 Å². The molecule has 2 heterocycles. The van der Waals surface area contributed by atoms with E-state index in [4.69, 9.17) is 16.0 Å². The lowest BCUT2D eigenvalue weighted by Crippen LogP contribution is -2.21. The van der Waals surface area contributed by atoms with Crippen LogP contribution in [0.25, 0.3) is 11.0 Å². The second-order valence-corrected chi connectivity index (χ2v) is 8.62. The van der Waals surface area contributed by atoms with Crippen LogP contribution in [0.5, 0.6) is 0 Å². The van der Waals surface area contributed by atoms with Crippen molar-refractivity contribution in [2.75, 3.05) is 7.05 Å². The third-order valence-electron chi connectivity index (χ3n) is 3.30. The Morgan fingerprint density at radius 3 is 2.79 bits per heavy atom. The molecule has 0 saturated carbocycles. The fourth-order valence-electron chi connectivity index (χ4n) is 2.08. The van der Waals surface area contributed by atoms with E-state index in [9.17, 15) is 13.2 Å². The summed E-state index contributed by atoms with van der Waals surface area (Å²) >= 11 is 7.00. The molecule has 9 heteroatoms. The molecular formula is C15H13ClN2O4S2. The van der Waals surface area contributed by atoms with Crippen molar-refractivity contribution >= 4 is 49.8 Å². The number of amides is 1. The number of nitrogens with one attached hydrogen (secondary N) is 2. The van der Waals surface area contributed by atoms with Crippen LogP contribution < -0.4 is 10.0 Å². The van der Waals surface area contributed by atoms with Gasteiger partial charge in [-0.3, -0.25) is 4.79 Å². The second-order valence-electron chi connectivity index (χ2n) is 4.90. The Labute approximate surface area is 147 Å². The number of carbonyl (C=O) groups excluding carboxylic acids is 1. The van der Waals surface area contributed by atoms with Gasteiger partial charge in [0.25, 0.3) is 5.91 Å². The zero-order chi connectivity index (χ0) is 17.3. The predicted octanol–water partition coefficient (Wildman–Crippen LogP) is 2.99. The summed E-state index contributed by atoms with van der Waals surface area (Å²) in [6.07, 6.45) is 0. The third kappa shape index (κ3) is 3.46. The highest BCUT2D eigenvalue weighted by Crippen LogP contribution is 2.24. The average molecular weight is 385 g/mol. The van der Waals surface area contributed by atoms with Gasteiger partial charge >= 0.3 is 0 Å². The summed E-state index contributed by atoms with van der Waals surface area (Å²) in [6, 6.07) is 9.87. The van der Waals surface area contributed by atoms with Crippen molar-refractivity contribution in [3.05, 3.63) is 52.1 Å². The quantitative estimate of drug-likeness (QED) is 0.707. The Morgan fingerprint density at radius 2 is 2.04 bits per heavy atom. The van der Waals surface area contributed by atoms with Crippen molar-refractivity contribution < 1.29 is 17.6 Å². The van der Waals surface area contributed by atoms with E-state index in [-0.39, 0.29) is 22.4 Å². The van der Waals surface area contributed by atoms with Crippen LogP contribution in [0.3, 0.4) is 0 Å². The number of hydrogen-bond donors (Lipinski definition) is 2. The fourth-order valence-corrected chi connectivity index (χ4v) is 4.39. The van der Waals surface area contributed by atoms with Crippen LogP contribution in [-0.2, 0) is 16.6 Å². The number of benzene rings is 1. The Balaban J connectivity index is 1.71. The number of carbonyl (C=O) groups is 1. The van der Waals surface area contributed by atoms with E-state index < -0.39 is 10.0 Å². The number of fused-ring (bicyclic) bond motifs is 1. The molecule has 0 fully saturated rings. The number of hydrogen-bond acceptors (Lipinski definition) is 5. The minimum atomic E-state index is -3.46. The first-order valence-corrected chi connectivity index (χ1v) is 9.56. The molecule has 0 atom stereocenters. The highest BCUT2D eigenvalue weighted by molar-refractivity contribution is 7.91. The van der Waals surface area contributed by atoms with Gasteiger partial charge < -0.3 is 9.73 Å². The molecule has 2 N–H and O–H groups in total. The van der Waals surface area contributed by atoms with E-state index in [1.54, 1.807) is 30.3 Å². The number of thiophene rings is 1. The lowest BCUT2D eigenvalue weighted by molar-refractivity contribution is 0.0925. The number of rotatable bonds is 5. The van der Waals surface area contributed by atoms with E-state index in [2.05, 4.69) is 10.0 Å². The Hall–Kier alpha value is -1.87. The van der Waals surface area contributed by atoms with Crippen LogP contribution in [-0.4, -0.2) is 21.4 Å². The molecular weight excluding hydrogens is 372 g/mol. The van der Waals surface area contributed by atoms with Gasteiger partial charge in [0.1, 0.15) is 9.79 Å². The van der Waals surface area contributed by atoms with Gasteiger partial charge in [-0.15, -0.1) is 11.3 Å². The van der Waals surface area contributed by atoms with Gasteiger partial charge in [0, 0.05) is 15.3 Å². The smallest absolute Gasteiger partial charge is 0.287 e. The second kappa shape index (κ2) is 6.56. The lowest BCUT2D eigenvalue weighted by Gasteiger charge is -2.00. The van der Waals surface area contributed by atoms with E-state index in [1.165, 1.54) is 13.1 Å². The van der Waals surface area contributed by atoms with Crippen LogP contribution in [0.15, 0.2) is 45.0 Å². The van der Waals surface area contributed by atoms with Gasteiger partial charge in [0.15, 0.2) is 5.76 Å². The minimum Gasteiger partial charge on any atom is -0.451 e. The molecule has 0 bridgehead atoms. The zero-order valence-electron chi connectivity index (χ0n) is 12.5. The van der Waals surface area contributed by atoms with E-state index in [1.807, 2.05) is 0 Å². The largest absolute Gasteiger partial charge is 0.451 e. The van der Waals surface area contributed by atoms with Crippen LogP contribution in [0, 0.1) is 0 Å². The first-order valence-electron chi connectivity index (χ1n) is 6.88. The summed E-state index contributed by atoms with van der Waals surface area (Å²) < 4.78 is 31.3.